The van der Waals surface area contributed by atoms with E-state index in [4.69, 9.17) is 9.52 Å². The molecule has 1 N–H and O–H groups in total. The first-order valence-electron chi connectivity index (χ1n) is 5.18. The molecular weight excluding hydrogens is 242 g/mol. The van der Waals surface area contributed by atoms with Gasteiger partial charge in [0.2, 0.25) is 5.89 Å². The molecule has 0 aromatic carbocycles. The van der Waals surface area contributed by atoms with Crippen molar-refractivity contribution in [3.63, 3.8) is 0 Å². The minimum Gasteiger partial charge on any atom is -0.481 e. The number of hydrogen-bond donors (Lipinski definition) is 1. The van der Waals surface area contributed by atoms with Crippen LogP contribution in [0.5, 0.6) is 0 Å². The number of aryl methyl sites for hydroxylation is 1. The topological polar surface area (TPSA) is 89.1 Å². The average molecular weight is 253 g/mol. The van der Waals surface area contributed by atoms with Crippen molar-refractivity contribution < 1.29 is 14.3 Å². The molecule has 2 heterocycles. The van der Waals surface area contributed by atoms with E-state index in [0.717, 1.165) is 6.42 Å². The first-order valence-corrected chi connectivity index (χ1v) is 6.12. The third kappa shape index (κ3) is 3.35. The lowest BCUT2D eigenvalue weighted by atomic mass is 10.2. The Morgan fingerprint density at radius 3 is 3.00 bits per heavy atom. The maximum absolute atomic E-state index is 10.3. The van der Waals surface area contributed by atoms with Crippen molar-refractivity contribution in [2.24, 2.45) is 0 Å². The van der Waals surface area contributed by atoms with Crippen LogP contribution in [-0.4, -0.2) is 26.3 Å². The van der Waals surface area contributed by atoms with Gasteiger partial charge in [-0.2, -0.15) is 0 Å². The molecule has 2 aromatic rings. The Hall–Kier alpha value is -1.76. The molecule has 0 aliphatic heterocycles. The minimum atomic E-state index is -0.779. The van der Waals surface area contributed by atoms with Crippen molar-refractivity contribution >= 4 is 17.3 Å². The molecule has 90 valence electrons. The van der Waals surface area contributed by atoms with Gasteiger partial charge in [-0.3, -0.25) is 4.79 Å². The number of carboxylic acid groups (broad SMARTS) is 1. The van der Waals surface area contributed by atoms with E-state index < -0.39 is 5.97 Å². The van der Waals surface area contributed by atoms with Crippen molar-refractivity contribution in [1.29, 1.82) is 0 Å². The van der Waals surface area contributed by atoms with Crippen LogP contribution < -0.4 is 0 Å². The van der Waals surface area contributed by atoms with Gasteiger partial charge in [0.25, 0.3) is 5.89 Å². The third-order valence-corrected chi connectivity index (χ3v) is 2.74. The number of rotatable bonds is 6. The Bertz CT molecular complexity index is 481. The lowest BCUT2D eigenvalue weighted by Crippen LogP contribution is -1.95. The minimum absolute atomic E-state index is 0.174. The van der Waals surface area contributed by atoms with Crippen LogP contribution in [-0.2, 0) is 11.2 Å². The van der Waals surface area contributed by atoms with Gasteiger partial charge in [-0.15, -0.1) is 21.5 Å². The number of hydrogen-bond acceptors (Lipinski definition) is 6. The van der Waals surface area contributed by atoms with E-state index >= 15 is 0 Å². The normalized spacial score (nSPS) is 10.6. The van der Waals surface area contributed by atoms with E-state index in [1.54, 1.807) is 5.51 Å². The van der Waals surface area contributed by atoms with Crippen LogP contribution in [0.4, 0.5) is 0 Å². The van der Waals surface area contributed by atoms with Gasteiger partial charge in [0.15, 0.2) is 0 Å². The SMILES string of the molecule is O=C(O)CCCCc1nnc(-c2cscn2)o1. The Balaban J connectivity index is 1.84. The second-order valence-electron chi connectivity index (χ2n) is 3.48. The zero-order valence-electron chi connectivity index (χ0n) is 9.00. The molecule has 2 aromatic heterocycles. The van der Waals surface area contributed by atoms with Gasteiger partial charge in [0.1, 0.15) is 5.69 Å². The van der Waals surface area contributed by atoms with E-state index in [2.05, 4.69) is 15.2 Å². The van der Waals surface area contributed by atoms with E-state index in [1.807, 2.05) is 5.38 Å². The summed E-state index contributed by atoms with van der Waals surface area (Å²) in [5.74, 6) is 0.163. The number of thiazole rings is 1. The molecule has 0 saturated heterocycles. The fourth-order valence-electron chi connectivity index (χ4n) is 1.33. The predicted octanol–water partition coefficient (Wildman–Crippen LogP) is 1.99. The van der Waals surface area contributed by atoms with Gasteiger partial charge in [-0.1, -0.05) is 0 Å². The average Bonchev–Trinajstić information content (AvgIpc) is 2.94. The molecule has 0 aliphatic carbocycles. The smallest absolute Gasteiger partial charge is 0.303 e. The molecule has 6 nitrogen and oxygen atoms in total. The highest BCUT2D eigenvalue weighted by molar-refractivity contribution is 7.07. The summed E-state index contributed by atoms with van der Waals surface area (Å²) in [6.07, 6.45) is 2.12. The van der Waals surface area contributed by atoms with E-state index in [9.17, 15) is 4.79 Å². The second-order valence-corrected chi connectivity index (χ2v) is 4.19. The molecular formula is C10H11N3O3S. The molecule has 0 spiro atoms. The summed E-state index contributed by atoms with van der Waals surface area (Å²) in [5, 5.41) is 18.1. The van der Waals surface area contributed by atoms with Gasteiger partial charge in [0, 0.05) is 18.2 Å². The summed E-state index contributed by atoms with van der Waals surface area (Å²) in [4.78, 5) is 14.4. The Morgan fingerprint density at radius 1 is 1.41 bits per heavy atom. The van der Waals surface area contributed by atoms with Crippen LogP contribution >= 0.6 is 11.3 Å². The fourth-order valence-corrected chi connectivity index (χ4v) is 1.85. The zero-order chi connectivity index (χ0) is 12.1. The fraction of sp³-hybridized carbons (Fsp3) is 0.400. The van der Waals surface area contributed by atoms with Gasteiger partial charge in [0.05, 0.1) is 5.51 Å². The first kappa shape index (κ1) is 11.7. The predicted molar refractivity (Wildman–Crippen MR) is 60.6 cm³/mol. The molecule has 0 bridgehead atoms. The molecule has 2 rings (SSSR count). The Morgan fingerprint density at radius 2 is 2.29 bits per heavy atom. The number of aromatic nitrogens is 3. The molecule has 0 amide bonds. The summed E-state index contributed by atoms with van der Waals surface area (Å²) in [6, 6.07) is 0. The van der Waals surface area contributed by atoms with Gasteiger partial charge < -0.3 is 9.52 Å². The van der Waals surface area contributed by atoms with Crippen LogP contribution in [0.15, 0.2) is 15.3 Å². The maximum atomic E-state index is 10.3. The summed E-state index contributed by atoms with van der Waals surface area (Å²) >= 11 is 1.46. The van der Waals surface area contributed by atoms with Crippen molar-refractivity contribution in [3.05, 3.63) is 16.8 Å². The Kier molecular flexibility index (Phi) is 3.81. The van der Waals surface area contributed by atoms with E-state index in [-0.39, 0.29) is 6.42 Å². The Labute approximate surface area is 101 Å². The quantitative estimate of drug-likeness (QED) is 0.792. The van der Waals surface area contributed by atoms with E-state index in [0.29, 0.717) is 30.3 Å². The van der Waals surface area contributed by atoms with Crippen molar-refractivity contribution in [2.75, 3.05) is 0 Å². The van der Waals surface area contributed by atoms with Crippen molar-refractivity contribution in [2.45, 2.75) is 25.7 Å². The standard InChI is InChI=1S/C10H11N3O3S/c14-9(15)4-2-1-3-8-12-13-10(16-8)7-5-17-6-11-7/h5-6H,1-4H2,(H,14,15). The largest absolute Gasteiger partial charge is 0.481 e. The highest BCUT2D eigenvalue weighted by atomic mass is 32.1. The third-order valence-electron chi connectivity index (χ3n) is 2.15. The summed E-state index contributed by atoms with van der Waals surface area (Å²) in [7, 11) is 0. The van der Waals surface area contributed by atoms with E-state index in [1.165, 1.54) is 11.3 Å². The monoisotopic (exact) mass is 253 g/mol. The van der Waals surface area contributed by atoms with Crippen molar-refractivity contribution in [3.8, 4) is 11.6 Å². The first-order chi connectivity index (χ1) is 8.25. The maximum Gasteiger partial charge on any atom is 0.303 e. The molecule has 17 heavy (non-hydrogen) atoms. The molecule has 0 saturated carbocycles. The van der Waals surface area contributed by atoms with Crippen molar-refractivity contribution in [1.82, 2.24) is 15.2 Å². The molecule has 0 atom stereocenters. The molecule has 7 heteroatoms. The van der Waals surface area contributed by atoms with Crippen LogP contribution in [0.1, 0.15) is 25.2 Å². The number of unbranched alkanes of at least 4 members (excludes halogenated alkanes) is 1. The summed E-state index contributed by atoms with van der Waals surface area (Å²) < 4.78 is 5.41. The lowest BCUT2D eigenvalue weighted by Gasteiger charge is -1.93. The molecule has 0 aliphatic rings. The number of carboxylic acids is 1. The highest BCUT2D eigenvalue weighted by Crippen LogP contribution is 2.17. The lowest BCUT2D eigenvalue weighted by molar-refractivity contribution is -0.137. The van der Waals surface area contributed by atoms with Gasteiger partial charge in [-0.25, -0.2) is 4.98 Å². The number of aliphatic carboxylic acids is 1. The second kappa shape index (κ2) is 5.53. The zero-order valence-corrected chi connectivity index (χ0v) is 9.81. The van der Waals surface area contributed by atoms with Crippen LogP contribution in [0.2, 0.25) is 0 Å². The van der Waals surface area contributed by atoms with Gasteiger partial charge >= 0.3 is 5.97 Å². The highest BCUT2D eigenvalue weighted by Gasteiger charge is 2.09. The molecule has 0 unspecified atom stereocenters. The number of nitrogens with zero attached hydrogens (tertiary/aromatic N) is 3. The molecule has 0 radical (unpaired) electrons. The summed E-state index contributed by atoms with van der Waals surface area (Å²) in [5.41, 5.74) is 2.38. The number of carbonyl (C=O) groups is 1. The van der Waals surface area contributed by atoms with Crippen LogP contribution in [0.25, 0.3) is 11.6 Å². The summed E-state index contributed by atoms with van der Waals surface area (Å²) in [6.45, 7) is 0. The molecule has 0 fully saturated rings. The van der Waals surface area contributed by atoms with Gasteiger partial charge in [-0.05, 0) is 12.8 Å². The van der Waals surface area contributed by atoms with Crippen LogP contribution in [0, 0.1) is 0 Å². The van der Waals surface area contributed by atoms with Crippen LogP contribution in [0.3, 0.4) is 0 Å².